The molecule has 102 valence electrons. The van der Waals surface area contributed by atoms with E-state index in [1.165, 1.54) is 6.07 Å². The third-order valence-electron chi connectivity index (χ3n) is 3.31. The molecule has 0 fully saturated rings. The number of halogens is 2. The molecule has 0 saturated carbocycles. The summed E-state index contributed by atoms with van der Waals surface area (Å²) in [6, 6.07) is 4.54. The number of benzene rings is 1. The molecule has 0 saturated heterocycles. The Morgan fingerprint density at radius 3 is 2.58 bits per heavy atom. The van der Waals surface area contributed by atoms with Crippen molar-refractivity contribution in [2.75, 3.05) is 5.73 Å². The minimum atomic E-state index is -0.422. The van der Waals surface area contributed by atoms with Gasteiger partial charge in [-0.1, -0.05) is 36.7 Å². The molecule has 2 N–H and O–H groups in total. The van der Waals surface area contributed by atoms with Gasteiger partial charge in [0.2, 0.25) is 0 Å². The minimum absolute atomic E-state index is 0.149. The Labute approximate surface area is 116 Å². The third kappa shape index (κ3) is 2.45. The molecule has 1 heterocycles. The van der Waals surface area contributed by atoms with Crippen molar-refractivity contribution in [3.63, 3.8) is 0 Å². The normalized spacial score (nSPS) is 11.2. The molecule has 5 heteroatoms. The van der Waals surface area contributed by atoms with Gasteiger partial charge in [-0.25, -0.2) is 4.39 Å². The van der Waals surface area contributed by atoms with Gasteiger partial charge in [-0.05, 0) is 25.0 Å². The molecular weight excluding hydrogens is 267 g/mol. The zero-order valence-electron chi connectivity index (χ0n) is 10.9. The SMILES string of the molecule is CCC(CC)c1onc(N)c1-c1c(F)cccc1Cl. The van der Waals surface area contributed by atoms with Crippen LogP contribution >= 0.6 is 11.6 Å². The van der Waals surface area contributed by atoms with Gasteiger partial charge >= 0.3 is 0 Å². The lowest BCUT2D eigenvalue weighted by Crippen LogP contribution is -1.99. The van der Waals surface area contributed by atoms with Crippen LogP contribution in [-0.2, 0) is 0 Å². The van der Waals surface area contributed by atoms with Crippen LogP contribution in [0.4, 0.5) is 10.2 Å². The molecule has 1 aromatic carbocycles. The van der Waals surface area contributed by atoms with Gasteiger partial charge in [-0.15, -0.1) is 0 Å². The van der Waals surface area contributed by atoms with Gasteiger partial charge in [0.05, 0.1) is 10.6 Å². The molecule has 0 bridgehead atoms. The van der Waals surface area contributed by atoms with E-state index in [-0.39, 0.29) is 17.3 Å². The fourth-order valence-electron chi connectivity index (χ4n) is 2.24. The van der Waals surface area contributed by atoms with E-state index in [4.69, 9.17) is 21.9 Å². The Balaban J connectivity index is 2.65. The van der Waals surface area contributed by atoms with Crippen LogP contribution in [0.1, 0.15) is 38.4 Å². The second kappa shape index (κ2) is 5.61. The number of anilines is 1. The van der Waals surface area contributed by atoms with Crippen LogP contribution in [0.15, 0.2) is 22.7 Å². The molecule has 0 atom stereocenters. The molecule has 1 aromatic heterocycles. The fourth-order valence-corrected chi connectivity index (χ4v) is 2.50. The first-order chi connectivity index (χ1) is 9.10. The highest BCUT2D eigenvalue weighted by atomic mass is 35.5. The topological polar surface area (TPSA) is 52.0 Å². The van der Waals surface area contributed by atoms with Crippen LogP contribution in [-0.4, -0.2) is 5.16 Å². The van der Waals surface area contributed by atoms with Crippen LogP contribution in [0.5, 0.6) is 0 Å². The third-order valence-corrected chi connectivity index (χ3v) is 3.63. The summed E-state index contributed by atoms with van der Waals surface area (Å²) >= 11 is 6.09. The number of hydrogen-bond acceptors (Lipinski definition) is 3. The van der Waals surface area contributed by atoms with Crippen LogP contribution in [0, 0.1) is 5.82 Å². The molecule has 0 aliphatic carbocycles. The first-order valence-electron chi connectivity index (χ1n) is 6.29. The van der Waals surface area contributed by atoms with E-state index in [9.17, 15) is 4.39 Å². The molecular formula is C14H16ClFN2O. The molecule has 19 heavy (non-hydrogen) atoms. The zero-order valence-corrected chi connectivity index (χ0v) is 11.7. The van der Waals surface area contributed by atoms with E-state index < -0.39 is 5.82 Å². The van der Waals surface area contributed by atoms with E-state index in [2.05, 4.69) is 5.16 Å². The van der Waals surface area contributed by atoms with Crippen molar-refractivity contribution in [1.29, 1.82) is 0 Å². The maximum Gasteiger partial charge on any atom is 0.175 e. The average molecular weight is 283 g/mol. The van der Waals surface area contributed by atoms with Crippen LogP contribution < -0.4 is 5.73 Å². The summed E-state index contributed by atoms with van der Waals surface area (Å²) in [6.45, 7) is 4.08. The molecule has 0 spiro atoms. The summed E-state index contributed by atoms with van der Waals surface area (Å²) in [5.41, 5.74) is 6.58. The number of nitrogen functional groups attached to an aromatic ring is 1. The quantitative estimate of drug-likeness (QED) is 0.890. The van der Waals surface area contributed by atoms with Crippen molar-refractivity contribution in [2.24, 2.45) is 0 Å². The number of nitrogens with two attached hydrogens (primary N) is 1. The van der Waals surface area contributed by atoms with Gasteiger partial charge in [-0.3, -0.25) is 0 Å². The lowest BCUT2D eigenvalue weighted by molar-refractivity contribution is 0.356. The lowest BCUT2D eigenvalue weighted by atomic mass is 9.93. The van der Waals surface area contributed by atoms with Crippen LogP contribution in [0.2, 0.25) is 5.02 Å². The number of hydrogen-bond donors (Lipinski definition) is 1. The molecule has 0 unspecified atom stereocenters. The first kappa shape index (κ1) is 13.9. The number of aromatic nitrogens is 1. The Bertz CT molecular complexity index is 559. The predicted octanol–water partition coefficient (Wildman–Crippen LogP) is 4.62. The second-order valence-electron chi connectivity index (χ2n) is 4.42. The Hall–Kier alpha value is -1.55. The molecule has 0 radical (unpaired) electrons. The summed E-state index contributed by atoms with van der Waals surface area (Å²) in [6.07, 6.45) is 1.73. The van der Waals surface area contributed by atoms with Crippen molar-refractivity contribution in [1.82, 2.24) is 5.16 Å². The molecule has 2 aromatic rings. The van der Waals surface area contributed by atoms with Crippen molar-refractivity contribution in [3.8, 4) is 11.1 Å². The highest BCUT2D eigenvalue weighted by Crippen LogP contribution is 2.41. The second-order valence-corrected chi connectivity index (χ2v) is 4.82. The summed E-state index contributed by atoms with van der Waals surface area (Å²) in [5, 5.41) is 4.08. The predicted molar refractivity (Wildman–Crippen MR) is 74.6 cm³/mol. The van der Waals surface area contributed by atoms with Crippen molar-refractivity contribution < 1.29 is 8.91 Å². The largest absolute Gasteiger partial charge is 0.380 e. The van der Waals surface area contributed by atoms with E-state index >= 15 is 0 Å². The van der Waals surface area contributed by atoms with Crippen molar-refractivity contribution >= 4 is 17.4 Å². The van der Waals surface area contributed by atoms with E-state index in [0.29, 0.717) is 16.3 Å². The fraction of sp³-hybridized carbons (Fsp3) is 0.357. The molecule has 0 aliphatic rings. The van der Waals surface area contributed by atoms with Gasteiger partial charge < -0.3 is 10.3 Å². The monoisotopic (exact) mass is 282 g/mol. The summed E-state index contributed by atoms with van der Waals surface area (Å²) in [7, 11) is 0. The highest BCUT2D eigenvalue weighted by Gasteiger charge is 2.25. The highest BCUT2D eigenvalue weighted by molar-refractivity contribution is 6.33. The van der Waals surface area contributed by atoms with Crippen LogP contribution in [0.25, 0.3) is 11.1 Å². The summed E-state index contributed by atoms with van der Waals surface area (Å²) < 4.78 is 19.3. The Morgan fingerprint density at radius 1 is 1.32 bits per heavy atom. The molecule has 0 aliphatic heterocycles. The first-order valence-corrected chi connectivity index (χ1v) is 6.67. The average Bonchev–Trinajstić information content (AvgIpc) is 2.74. The van der Waals surface area contributed by atoms with Crippen molar-refractivity contribution in [3.05, 3.63) is 34.8 Å². The van der Waals surface area contributed by atoms with Crippen LogP contribution in [0.3, 0.4) is 0 Å². The van der Waals surface area contributed by atoms with Gasteiger partial charge in [0.25, 0.3) is 0 Å². The molecule has 2 rings (SSSR count). The molecule has 0 amide bonds. The van der Waals surface area contributed by atoms with E-state index in [0.717, 1.165) is 12.8 Å². The maximum absolute atomic E-state index is 14.0. The van der Waals surface area contributed by atoms with Gasteiger partial charge in [-0.2, -0.15) is 0 Å². The Morgan fingerprint density at radius 2 is 2.00 bits per heavy atom. The van der Waals surface area contributed by atoms with Gasteiger partial charge in [0.15, 0.2) is 5.82 Å². The van der Waals surface area contributed by atoms with Crippen molar-refractivity contribution in [2.45, 2.75) is 32.6 Å². The van der Waals surface area contributed by atoms with Gasteiger partial charge in [0, 0.05) is 11.5 Å². The lowest BCUT2D eigenvalue weighted by Gasteiger charge is -2.12. The Kier molecular flexibility index (Phi) is 4.10. The minimum Gasteiger partial charge on any atom is -0.380 e. The van der Waals surface area contributed by atoms with Gasteiger partial charge in [0.1, 0.15) is 11.6 Å². The van der Waals surface area contributed by atoms with E-state index in [1.54, 1.807) is 12.1 Å². The molecule has 3 nitrogen and oxygen atoms in total. The standard InChI is InChI=1S/C14H16ClFN2O/c1-3-8(4-2)13-12(14(17)18-19-13)11-9(15)6-5-7-10(11)16/h5-8H,3-4H2,1-2H3,(H2,17,18). The maximum atomic E-state index is 14.0. The summed E-state index contributed by atoms with van der Waals surface area (Å²) in [4.78, 5) is 0. The van der Waals surface area contributed by atoms with E-state index in [1.807, 2.05) is 13.8 Å². The smallest absolute Gasteiger partial charge is 0.175 e. The number of nitrogens with zero attached hydrogens (tertiary/aromatic N) is 1. The zero-order chi connectivity index (χ0) is 14.0. The number of rotatable bonds is 4. The summed E-state index contributed by atoms with van der Waals surface area (Å²) in [5.74, 6) is 0.508.